The van der Waals surface area contributed by atoms with E-state index in [1.165, 1.54) is 30.1 Å². The minimum absolute atomic E-state index is 0.0983. The first-order chi connectivity index (χ1) is 11.2. The molecule has 3 rings (SSSR count). The Morgan fingerprint density at radius 2 is 2.04 bits per heavy atom. The van der Waals surface area contributed by atoms with Crippen molar-refractivity contribution in [1.82, 2.24) is 5.32 Å². The Bertz CT molecular complexity index is 778. The molecule has 2 aromatic carbocycles. The molecule has 1 amide bonds. The van der Waals surface area contributed by atoms with E-state index in [0.29, 0.717) is 28.0 Å². The van der Waals surface area contributed by atoms with Gasteiger partial charge in [0.2, 0.25) is 5.91 Å². The summed E-state index contributed by atoms with van der Waals surface area (Å²) in [4.78, 5) is 11.1. The van der Waals surface area contributed by atoms with E-state index < -0.39 is 5.82 Å². The number of hydrogen-bond acceptors (Lipinski definition) is 5. The summed E-state index contributed by atoms with van der Waals surface area (Å²) in [6.45, 7) is 0. The van der Waals surface area contributed by atoms with Crippen LogP contribution < -0.4 is 10.1 Å². The third kappa shape index (κ3) is 4.17. The second-order valence-corrected chi connectivity index (χ2v) is 5.55. The number of amidine groups is 1. The van der Waals surface area contributed by atoms with Gasteiger partial charge in [-0.25, -0.2) is 4.39 Å². The van der Waals surface area contributed by atoms with Crippen molar-refractivity contribution in [3.63, 3.8) is 0 Å². The predicted octanol–water partition coefficient (Wildman–Crippen LogP) is 3.17. The molecular formula is C16H12FN3O2S. The molecule has 0 saturated carbocycles. The van der Waals surface area contributed by atoms with Crippen LogP contribution in [0.2, 0.25) is 0 Å². The quantitative estimate of drug-likeness (QED) is 0.692. The summed E-state index contributed by atoms with van der Waals surface area (Å²) in [5.41, 5.74) is 0.578. The van der Waals surface area contributed by atoms with E-state index in [1.807, 2.05) is 18.2 Å². The highest BCUT2D eigenvalue weighted by atomic mass is 32.2. The minimum atomic E-state index is -0.405. The number of ether oxygens (including phenoxy) is 1. The summed E-state index contributed by atoms with van der Waals surface area (Å²) in [6, 6.07) is 13.2. The zero-order valence-electron chi connectivity index (χ0n) is 11.9. The van der Waals surface area contributed by atoms with Gasteiger partial charge in [-0.1, -0.05) is 30.0 Å². The number of amides is 1. The average molecular weight is 329 g/mol. The van der Waals surface area contributed by atoms with Crippen molar-refractivity contribution in [3.05, 3.63) is 59.9 Å². The zero-order chi connectivity index (χ0) is 16.1. The predicted molar refractivity (Wildman–Crippen MR) is 88.5 cm³/mol. The maximum absolute atomic E-state index is 13.5. The van der Waals surface area contributed by atoms with Crippen LogP contribution in [0.25, 0.3) is 0 Å². The van der Waals surface area contributed by atoms with Crippen molar-refractivity contribution in [1.29, 1.82) is 0 Å². The van der Waals surface area contributed by atoms with Crippen LogP contribution in [0.3, 0.4) is 0 Å². The summed E-state index contributed by atoms with van der Waals surface area (Å²) >= 11 is 1.28. The van der Waals surface area contributed by atoms with Gasteiger partial charge in [0.1, 0.15) is 17.3 Å². The maximum atomic E-state index is 13.5. The number of benzene rings is 2. The van der Waals surface area contributed by atoms with Gasteiger partial charge in [0, 0.05) is 11.6 Å². The highest BCUT2D eigenvalue weighted by molar-refractivity contribution is 8.15. The fourth-order valence-corrected chi connectivity index (χ4v) is 2.47. The van der Waals surface area contributed by atoms with Gasteiger partial charge in [0.25, 0.3) is 0 Å². The van der Waals surface area contributed by atoms with Gasteiger partial charge in [-0.05, 0) is 24.3 Å². The van der Waals surface area contributed by atoms with E-state index in [2.05, 4.69) is 15.5 Å². The second-order valence-electron chi connectivity index (χ2n) is 4.58. The van der Waals surface area contributed by atoms with E-state index in [4.69, 9.17) is 4.74 Å². The Morgan fingerprint density at radius 1 is 1.22 bits per heavy atom. The Kier molecular flexibility index (Phi) is 4.68. The Morgan fingerprint density at radius 3 is 2.78 bits per heavy atom. The Balaban J connectivity index is 1.80. The van der Waals surface area contributed by atoms with Crippen molar-refractivity contribution in [2.75, 3.05) is 5.75 Å². The highest BCUT2D eigenvalue weighted by Crippen LogP contribution is 2.25. The Hall–Kier alpha value is -2.67. The van der Waals surface area contributed by atoms with Gasteiger partial charge in [-0.3, -0.25) is 4.79 Å². The second kappa shape index (κ2) is 7.06. The first-order valence-corrected chi connectivity index (χ1v) is 7.75. The molecule has 1 aliphatic heterocycles. The number of nitrogens with one attached hydrogen (secondary N) is 1. The number of carbonyl (C=O) groups excluding carboxylic acids is 1. The molecule has 7 heteroatoms. The number of rotatable bonds is 4. The Labute approximate surface area is 136 Å². The molecule has 116 valence electrons. The minimum Gasteiger partial charge on any atom is -0.457 e. The molecule has 0 atom stereocenters. The summed E-state index contributed by atoms with van der Waals surface area (Å²) < 4.78 is 19.1. The van der Waals surface area contributed by atoms with E-state index in [-0.39, 0.29) is 5.91 Å². The molecular weight excluding hydrogens is 317 g/mol. The smallest absolute Gasteiger partial charge is 0.236 e. The SMILES string of the molecule is O=C1CSC(=NN=Cc2ccc(F)cc2Oc2ccccc2)N1. The number of carbonyl (C=O) groups is 1. The van der Waals surface area contributed by atoms with Gasteiger partial charge in [-0.15, -0.1) is 5.10 Å². The molecule has 1 heterocycles. The van der Waals surface area contributed by atoms with Crippen LogP contribution in [-0.2, 0) is 4.79 Å². The molecule has 1 aliphatic rings. The molecule has 0 spiro atoms. The topological polar surface area (TPSA) is 63.0 Å². The van der Waals surface area contributed by atoms with Gasteiger partial charge in [-0.2, -0.15) is 5.10 Å². The molecule has 0 aromatic heterocycles. The van der Waals surface area contributed by atoms with Crippen LogP contribution in [0, 0.1) is 5.82 Å². The van der Waals surface area contributed by atoms with Crippen molar-refractivity contribution >= 4 is 29.1 Å². The first kappa shape index (κ1) is 15.2. The lowest BCUT2D eigenvalue weighted by atomic mass is 10.2. The molecule has 1 fully saturated rings. The van der Waals surface area contributed by atoms with E-state index in [1.54, 1.807) is 18.2 Å². The molecule has 0 radical (unpaired) electrons. The first-order valence-electron chi connectivity index (χ1n) is 6.77. The third-order valence-corrected chi connectivity index (χ3v) is 3.74. The molecule has 0 bridgehead atoms. The fourth-order valence-electron chi connectivity index (χ4n) is 1.84. The summed E-state index contributed by atoms with van der Waals surface area (Å²) in [7, 11) is 0. The van der Waals surface area contributed by atoms with Crippen LogP contribution in [-0.4, -0.2) is 23.0 Å². The largest absolute Gasteiger partial charge is 0.457 e. The number of hydrogen-bond donors (Lipinski definition) is 1. The molecule has 0 unspecified atom stereocenters. The fraction of sp³-hybridized carbons (Fsp3) is 0.0625. The lowest BCUT2D eigenvalue weighted by molar-refractivity contribution is -0.116. The van der Waals surface area contributed by atoms with Crippen LogP contribution in [0.1, 0.15) is 5.56 Å². The van der Waals surface area contributed by atoms with Crippen molar-refractivity contribution in [2.45, 2.75) is 0 Å². The monoisotopic (exact) mass is 329 g/mol. The van der Waals surface area contributed by atoms with Gasteiger partial charge in [0.15, 0.2) is 5.17 Å². The van der Waals surface area contributed by atoms with Gasteiger partial charge < -0.3 is 10.1 Å². The molecule has 0 aliphatic carbocycles. The number of para-hydroxylation sites is 1. The summed E-state index contributed by atoms with van der Waals surface area (Å²) in [6.07, 6.45) is 1.45. The summed E-state index contributed by atoms with van der Waals surface area (Å²) in [5.74, 6) is 0.769. The zero-order valence-corrected chi connectivity index (χ0v) is 12.7. The third-order valence-electron chi connectivity index (χ3n) is 2.88. The molecule has 23 heavy (non-hydrogen) atoms. The van der Waals surface area contributed by atoms with Crippen LogP contribution in [0.5, 0.6) is 11.5 Å². The number of nitrogens with zero attached hydrogens (tertiary/aromatic N) is 2. The molecule has 5 nitrogen and oxygen atoms in total. The summed E-state index contributed by atoms with van der Waals surface area (Å²) in [5, 5.41) is 10.8. The highest BCUT2D eigenvalue weighted by Gasteiger charge is 2.16. The standard InChI is InChI=1S/C16H12FN3O2S/c17-12-7-6-11(9-18-20-16-19-15(21)10-23-16)14(8-12)22-13-4-2-1-3-5-13/h1-9H,10H2,(H,19,20,21). The van der Waals surface area contributed by atoms with Gasteiger partial charge in [0.05, 0.1) is 12.0 Å². The van der Waals surface area contributed by atoms with Crippen molar-refractivity contribution < 1.29 is 13.9 Å². The van der Waals surface area contributed by atoms with Crippen LogP contribution >= 0.6 is 11.8 Å². The maximum Gasteiger partial charge on any atom is 0.236 e. The van der Waals surface area contributed by atoms with E-state index >= 15 is 0 Å². The van der Waals surface area contributed by atoms with Crippen LogP contribution in [0.4, 0.5) is 4.39 Å². The average Bonchev–Trinajstić information content (AvgIpc) is 2.96. The van der Waals surface area contributed by atoms with E-state index in [0.717, 1.165) is 0 Å². The molecule has 1 N–H and O–H groups in total. The number of halogens is 1. The molecule has 1 saturated heterocycles. The van der Waals surface area contributed by atoms with Crippen molar-refractivity contribution in [2.24, 2.45) is 10.2 Å². The van der Waals surface area contributed by atoms with E-state index in [9.17, 15) is 9.18 Å². The van der Waals surface area contributed by atoms with Crippen molar-refractivity contribution in [3.8, 4) is 11.5 Å². The lowest BCUT2D eigenvalue weighted by Crippen LogP contribution is -2.19. The molecule has 2 aromatic rings. The van der Waals surface area contributed by atoms with Gasteiger partial charge >= 0.3 is 0 Å². The normalized spacial score (nSPS) is 16.0. The van der Waals surface area contributed by atoms with Crippen LogP contribution in [0.15, 0.2) is 58.7 Å². The number of thioether (sulfide) groups is 1. The lowest BCUT2D eigenvalue weighted by Gasteiger charge is -2.08.